The Morgan fingerprint density at radius 3 is 2.88 bits per heavy atom. The van der Waals surface area contributed by atoms with Gasteiger partial charge in [-0.05, 0) is 12.1 Å². The molecule has 0 aliphatic carbocycles. The van der Waals surface area contributed by atoms with Crippen LogP contribution in [0.2, 0.25) is 0 Å². The highest BCUT2D eigenvalue weighted by Gasteiger charge is 2.32. The molecule has 2 aliphatic rings. The lowest BCUT2D eigenvalue weighted by molar-refractivity contribution is -0.117. The zero-order valence-electron chi connectivity index (χ0n) is 13.5. The molecule has 2 aliphatic heterocycles. The van der Waals surface area contributed by atoms with Crippen molar-refractivity contribution in [3.63, 3.8) is 0 Å². The van der Waals surface area contributed by atoms with E-state index in [2.05, 4.69) is 5.32 Å². The van der Waals surface area contributed by atoms with Gasteiger partial charge in [0.25, 0.3) is 0 Å². The van der Waals surface area contributed by atoms with Crippen LogP contribution in [0.25, 0.3) is 0 Å². The second-order valence-corrected chi connectivity index (χ2v) is 5.83. The Morgan fingerprint density at radius 1 is 1.38 bits per heavy atom. The van der Waals surface area contributed by atoms with Crippen LogP contribution in [0.5, 0.6) is 11.5 Å². The first-order valence-corrected chi connectivity index (χ1v) is 7.91. The van der Waals surface area contributed by atoms with Crippen LogP contribution in [-0.2, 0) is 4.79 Å². The fourth-order valence-corrected chi connectivity index (χ4v) is 2.79. The minimum atomic E-state index is -0.300. The van der Waals surface area contributed by atoms with Crippen LogP contribution >= 0.6 is 0 Å². The van der Waals surface area contributed by atoms with Crippen LogP contribution in [-0.4, -0.2) is 67.9 Å². The molecule has 1 aromatic rings. The third kappa shape index (κ3) is 3.38. The van der Waals surface area contributed by atoms with E-state index in [1.807, 2.05) is 6.07 Å². The van der Waals surface area contributed by atoms with Crippen LogP contribution in [0, 0.1) is 0 Å². The molecular weight excluding hydrogens is 314 g/mol. The van der Waals surface area contributed by atoms with E-state index >= 15 is 0 Å². The van der Waals surface area contributed by atoms with E-state index in [9.17, 15) is 9.59 Å². The number of likely N-dealkylation sites (N-methyl/N-ethyl adjacent to an activating group) is 1. The molecule has 0 aromatic heterocycles. The van der Waals surface area contributed by atoms with Crippen LogP contribution < -0.4 is 19.7 Å². The maximum Gasteiger partial charge on any atom is 0.317 e. The Kier molecular flexibility index (Phi) is 4.75. The predicted octanol–water partition coefficient (Wildman–Crippen LogP) is 0.197. The average molecular weight is 335 g/mol. The quantitative estimate of drug-likeness (QED) is 0.820. The molecule has 0 spiro atoms. The van der Waals surface area contributed by atoms with Gasteiger partial charge in [0.05, 0.1) is 12.6 Å². The number of benzene rings is 1. The Morgan fingerprint density at radius 2 is 2.12 bits per heavy atom. The SMILES string of the molecule is CN(CCO)C(=O)N[C@H]1CC(=O)N(c2ccc3c(c2)OCCO3)C1. The van der Waals surface area contributed by atoms with E-state index in [0.29, 0.717) is 31.3 Å². The van der Waals surface area contributed by atoms with Gasteiger partial charge in [0, 0.05) is 38.3 Å². The monoisotopic (exact) mass is 335 g/mol. The first-order valence-electron chi connectivity index (χ1n) is 7.91. The molecule has 24 heavy (non-hydrogen) atoms. The number of hydrogen-bond donors (Lipinski definition) is 2. The van der Waals surface area contributed by atoms with Gasteiger partial charge in [-0.15, -0.1) is 0 Å². The second-order valence-electron chi connectivity index (χ2n) is 5.83. The second kappa shape index (κ2) is 6.96. The number of rotatable bonds is 4. The highest BCUT2D eigenvalue weighted by molar-refractivity contribution is 5.97. The van der Waals surface area contributed by atoms with Crippen LogP contribution in [0.4, 0.5) is 10.5 Å². The van der Waals surface area contributed by atoms with Crippen molar-refractivity contribution in [1.82, 2.24) is 10.2 Å². The number of fused-ring (bicyclic) bond motifs is 1. The summed E-state index contributed by atoms with van der Waals surface area (Å²) < 4.78 is 11.0. The maximum atomic E-state index is 12.3. The molecule has 130 valence electrons. The summed E-state index contributed by atoms with van der Waals surface area (Å²) in [6.45, 7) is 1.55. The molecule has 0 saturated carbocycles. The lowest BCUT2D eigenvalue weighted by atomic mass is 10.2. The van der Waals surface area contributed by atoms with Gasteiger partial charge in [0.1, 0.15) is 13.2 Å². The Labute approximate surface area is 139 Å². The van der Waals surface area contributed by atoms with Crippen LogP contribution in [0.3, 0.4) is 0 Å². The number of aliphatic hydroxyl groups is 1. The number of hydrogen-bond acceptors (Lipinski definition) is 5. The molecule has 0 radical (unpaired) electrons. The zero-order valence-corrected chi connectivity index (χ0v) is 13.5. The molecule has 0 unspecified atom stereocenters. The third-order valence-corrected chi connectivity index (χ3v) is 4.07. The van der Waals surface area contributed by atoms with Crippen molar-refractivity contribution in [3.05, 3.63) is 18.2 Å². The number of anilines is 1. The van der Waals surface area contributed by atoms with Gasteiger partial charge in [0.2, 0.25) is 5.91 Å². The van der Waals surface area contributed by atoms with Crippen molar-refractivity contribution in [2.24, 2.45) is 0 Å². The summed E-state index contributed by atoms with van der Waals surface area (Å²) >= 11 is 0. The standard InChI is InChI=1S/C16H21N3O5/c1-18(4-5-20)16(22)17-11-8-15(21)19(10-11)12-2-3-13-14(9-12)24-7-6-23-13/h2-3,9,11,20H,4-8,10H2,1H3,(H,17,22)/t11-/m0/s1. The number of urea groups is 1. The van der Waals surface area contributed by atoms with Crippen LogP contribution in [0.15, 0.2) is 18.2 Å². The van der Waals surface area contributed by atoms with E-state index < -0.39 is 0 Å². The number of ether oxygens (including phenoxy) is 2. The lowest BCUT2D eigenvalue weighted by Gasteiger charge is -2.23. The molecular formula is C16H21N3O5. The summed E-state index contributed by atoms with van der Waals surface area (Å²) in [7, 11) is 1.60. The van der Waals surface area contributed by atoms with Gasteiger partial charge in [-0.2, -0.15) is 0 Å². The highest BCUT2D eigenvalue weighted by Crippen LogP contribution is 2.35. The number of nitrogens with zero attached hydrogens (tertiary/aromatic N) is 2. The molecule has 1 fully saturated rings. The first-order chi connectivity index (χ1) is 11.6. The first kappa shape index (κ1) is 16.4. The smallest absolute Gasteiger partial charge is 0.317 e. The number of nitrogens with one attached hydrogen (secondary N) is 1. The summed E-state index contributed by atoms with van der Waals surface area (Å²) in [5.74, 6) is 1.25. The molecule has 3 rings (SSSR count). The summed E-state index contributed by atoms with van der Waals surface area (Å²) in [5.41, 5.74) is 0.727. The number of carbonyl (C=O) groups excluding carboxylic acids is 2. The summed E-state index contributed by atoms with van der Waals surface area (Å²) in [6, 6.07) is 4.82. The number of aliphatic hydroxyl groups excluding tert-OH is 1. The average Bonchev–Trinajstić information content (AvgIpc) is 2.95. The molecule has 1 atom stereocenters. The van der Waals surface area contributed by atoms with Crippen LogP contribution in [0.1, 0.15) is 6.42 Å². The van der Waals surface area contributed by atoms with E-state index in [0.717, 1.165) is 5.69 Å². The van der Waals surface area contributed by atoms with E-state index in [-0.39, 0.29) is 37.6 Å². The van der Waals surface area contributed by atoms with Crippen molar-refractivity contribution in [2.45, 2.75) is 12.5 Å². The fourth-order valence-electron chi connectivity index (χ4n) is 2.79. The molecule has 1 aromatic carbocycles. The molecule has 0 bridgehead atoms. The topological polar surface area (TPSA) is 91.3 Å². The minimum absolute atomic E-state index is 0.0539. The predicted molar refractivity (Wildman–Crippen MR) is 86.4 cm³/mol. The van der Waals surface area contributed by atoms with Gasteiger partial charge in [0.15, 0.2) is 11.5 Å². The molecule has 2 N–H and O–H groups in total. The van der Waals surface area contributed by atoms with Gasteiger partial charge < -0.3 is 29.7 Å². The Bertz CT molecular complexity index is 636. The van der Waals surface area contributed by atoms with Crippen molar-refractivity contribution < 1.29 is 24.2 Å². The molecule has 1 saturated heterocycles. The zero-order chi connectivity index (χ0) is 17.1. The van der Waals surface area contributed by atoms with E-state index in [4.69, 9.17) is 14.6 Å². The Hall–Kier alpha value is -2.48. The molecule has 8 heteroatoms. The summed E-state index contributed by atoms with van der Waals surface area (Å²) in [5, 5.41) is 11.7. The van der Waals surface area contributed by atoms with Gasteiger partial charge in [-0.1, -0.05) is 0 Å². The maximum absolute atomic E-state index is 12.3. The normalized spacial score (nSPS) is 19.3. The number of amides is 3. The van der Waals surface area contributed by atoms with Crippen molar-refractivity contribution in [2.75, 3.05) is 44.9 Å². The largest absolute Gasteiger partial charge is 0.486 e. The van der Waals surface area contributed by atoms with Gasteiger partial charge in [-0.25, -0.2) is 4.79 Å². The number of carbonyl (C=O) groups is 2. The van der Waals surface area contributed by atoms with Gasteiger partial charge >= 0.3 is 6.03 Å². The fraction of sp³-hybridized carbons (Fsp3) is 0.500. The molecule has 8 nitrogen and oxygen atoms in total. The van der Waals surface area contributed by atoms with Crippen molar-refractivity contribution in [3.8, 4) is 11.5 Å². The van der Waals surface area contributed by atoms with Crippen molar-refractivity contribution >= 4 is 17.6 Å². The molecule has 3 amide bonds. The Balaban J connectivity index is 1.66. The summed E-state index contributed by atoms with van der Waals surface area (Å²) in [6.07, 6.45) is 0.243. The summed E-state index contributed by atoms with van der Waals surface area (Å²) in [4.78, 5) is 27.3. The van der Waals surface area contributed by atoms with Crippen molar-refractivity contribution in [1.29, 1.82) is 0 Å². The van der Waals surface area contributed by atoms with E-state index in [1.165, 1.54) is 4.90 Å². The van der Waals surface area contributed by atoms with Gasteiger partial charge in [-0.3, -0.25) is 4.79 Å². The minimum Gasteiger partial charge on any atom is -0.486 e. The lowest BCUT2D eigenvalue weighted by Crippen LogP contribution is -2.45. The molecule has 2 heterocycles. The van der Waals surface area contributed by atoms with E-state index in [1.54, 1.807) is 24.1 Å². The highest BCUT2D eigenvalue weighted by atomic mass is 16.6. The third-order valence-electron chi connectivity index (χ3n) is 4.07.